The van der Waals surface area contributed by atoms with E-state index in [4.69, 9.17) is 4.74 Å². The second kappa shape index (κ2) is 6.00. The number of carbonyl (C=O) groups excluding carboxylic acids is 3. The van der Waals surface area contributed by atoms with Crippen LogP contribution in [0.4, 0.5) is 4.79 Å². The Morgan fingerprint density at radius 3 is 2.70 bits per heavy atom. The lowest BCUT2D eigenvalue weighted by Gasteiger charge is -2.12. The molecule has 8 heteroatoms. The van der Waals surface area contributed by atoms with Crippen LogP contribution in [0.5, 0.6) is 0 Å². The van der Waals surface area contributed by atoms with Gasteiger partial charge in [-0.2, -0.15) is 0 Å². The number of nitrogens with one attached hydrogen (secondary N) is 2. The average Bonchev–Trinajstić information content (AvgIpc) is 3.07. The number of ether oxygens (including phenoxy) is 1. The second-order valence-electron chi connectivity index (χ2n) is 4.55. The lowest BCUT2D eigenvalue weighted by atomic mass is 10.3. The van der Waals surface area contributed by atoms with Gasteiger partial charge in [-0.25, -0.2) is 14.6 Å². The minimum Gasteiger partial charge on any atom is -0.448 e. The summed E-state index contributed by atoms with van der Waals surface area (Å²) in [5.74, 6) is -1.27. The van der Waals surface area contributed by atoms with E-state index < -0.39 is 24.0 Å². The van der Waals surface area contributed by atoms with Gasteiger partial charge in [-0.1, -0.05) is 0 Å². The lowest BCUT2D eigenvalue weighted by Crippen LogP contribution is -2.45. The standard InChI is InChI=1S/C12H15N3O4S/c1-6-9(20-5-13-6)11(17)19-7(2)10(16)15-12(18)14-8-3-4-8/h5,7-8H,3-4H2,1-2H3,(H2,14,15,16,18). The Hall–Kier alpha value is -1.96. The molecule has 3 amide bonds. The predicted octanol–water partition coefficient (Wildman–Crippen LogP) is 0.985. The van der Waals surface area contributed by atoms with Crippen molar-refractivity contribution in [3.63, 3.8) is 0 Å². The molecule has 0 aromatic carbocycles. The highest BCUT2D eigenvalue weighted by atomic mass is 32.1. The van der Waals surface area contributed by atoms with Gasteiger partial charge in [-0.3, -0.25) is 10.1 Å². The molecule has 1 heterocycles. The zero-order chi connectivity index (χ0) is 14.7. The summed E-state index contributed by atoms with van der Waals surface area (Å²) in [6.07, 6.45) is 0.808. The minimum absolute atomic E-state index is 0.153. The molecule has 2 N–H and O–H groups in total. The fourth-order valence-corrected chi connectivity index (χ4v) is 2.11. The number of amides is 3. The van der Waals surface area contributed by atoms with Crippen molar-refractivity contribution in [1.29, 1.82) is 0 Å². The van der Waals surface area contributed by atoms with E-state index in [1.165, 1.54) is 12.4 Å². The number of imide groups is 1. The molecule has 0 saturated heterocycles. The third-order valence-corrected chi connectivity index (χ3v) is 3.64. The van der Waals surface area contributed by atoms with Gasteiger partial charge in [-0.15, -0.1) is 11.3 Å². The molecule has 108 valence electrons. The molecule has 7 nitrogen and oxygen atoms in total. The number of carbonyl (C=O) groups is 3. The molecule has 2 rings (SSSR count). The molecular formula is C12H15N3O4S. The van der Waals surface area contributed by atoms with Crippen molar-refractivity contribution < 1.29 is 19.1 Å². The first-order chi connectivity index (χ1) is 9.47. The quantitative estimate of drug-likeness (QED) is 0.808. The van der Waals surface area contributed by atoms with Crippen LogP contribution in [0.2, 0.25) is 0 Å². The zero-order valence-corrected chi connectivity index (χ0v) is 12.0. The molecule has 0 spiro atoms. The fraction of sp³-hybridized carbons (Fsp3) is 0.500. The van der Waals surface area contributed by atoms with Gasteiger partial charge in [0.2, 0.25) is 0 Å². The summed E-state index contributed by atoms with van der Waals surface area (Å²) in [4.78, 5) is 39.1. The van der Waals surface area contributed by atoms with Crippen LogP contribution in [0.3, 0.4) is 0 Å². The average molecular weight is 297 g/mol. The Kier molecular flexibility index (Phi) is 4.33. The number of aryl methyl sites for hydroxylation is 1. The first kappa shape index (κ1) is 14.4. The van der Waals surface area contributed by atoms with Crippen LogP contribution < -0.4 is 10.6 Å². The van der Waals surface area contributed by atoms with Crippen molar-refractivity contribution in [3.05, 3.63) is 16.1 Å². The number of esters is 1. The molecule has 20 heavy (non-hydrogen) atoms. The largest absolute Gasteiger partial charge is 0.448 e. The summed E-state index contributed by atoms with van der Waals surface area (Å²) in [5, 5.41) is 4.75. The van der Waals surface area contributed by atoms with Crippen LogP contribution in [-0.2, 0) is 9.53 Å². The molecule has 1 fully saturated rings. The highest BCUT2D eigenvalue weighted by Crippen LogP contribution is 2.18. The number of hydrogen-bond donors (Lipinski definition) is 2. The van der Waals surface area contributed by atoms with E-state index in [2.05, 4.69) is 15.6 Å². The van der Waals surface area contributed by atoms with Gasteiger partial charge >= 0.3 is 12.0 Å². The highest BCUT2D eigenvalue weighted by Gasteiger charge is 2.26. The van der Waals surface area contributed by atoms with Gasteiger partial charge in [0.15, 0.2) is 6.10 Å². The maximum Gasteiger partial charge on any atom is 0.351 e. The Labute approximate surface area is 119 Å². The number of aromatic nitrogens is 1. The maximum absolute atomic E-state index is 11.8. The Bertz CT molecular complexity index is 539. The molecule has 1 aromatic heterocycles. The van der Waals surface area contributed by atoms with Crippen LogP contribution in [0, 0.1) is 6.92 Å². The Morgan fingerprint density at radius 2 is 2.15 bits per heavy atom. The predicted molar refractivity (Wildman–Crippen MR) is 71.4 cm³/mol. The number of rotatable bonds is 4. The van der Waals surface area contributed by atoms with Crippen LogP contribution >= 0.6 is 11.3 Å². The molecule has 0 bridgehead atoms. The van der Waals surface area contributed by atoms with Gasteiger partial charge in [0.05, 0.1) is 11.2 Å². The monoisotopic (exact) mass is 297 g/mol. The first-order valence-electron chi connectivity index (χ1n) is 6.20. The molecule has 0 aliphatic heterocycles. The van der Waals surface area contributed by atoms with E-state index >= 15 is 0 Å². The molecule has 1 aromatic rings. The molecule has 1 saturated carbocycles. The first-order valence-corrected chi connectivity index (χ1v) is 7.07. The summed E-state index contributed by atoms with van der Waals surface area (Å²) < 4.78 is 5.00. The summed E-state index contributed by atoms with van der Waals surface area (Å²) in [6.45, 7) is 3.09. The summed E-state index contributed by atoms with van der Waals surface area (Å²) in [5.41, 5.74) is 2.08. The molecular weight excluding hydrogens is 282 g/mol. The maximum atomic E-state index is 11.8. The Morgan fingerprint density at radius 1 is 1.45 bits per heavy atom. The smallest absolute Gasteiger partial charge is 0.351 e. The second-order valence-corrected chi connectivity index (χ2v) is 5.41. The van der Waals surface area contributed by atoms with Gasteiger partial charge in [0.25, 0.3) is 5.91 Å². The van der Waals surface area contributed by atoms with Crippen molar-refractivity contribution >= 4 is 29.2 Å². The fourth-order valence-electron chi connectivity index (χ4n) is 1.43. The van der Waals surface area contributed by atoms with Crippen LogP contribution in [0.1, 0.15) is 35.1 Å². The number of urea groups is 1. The zero-order valence-electron chi connectivity index (χ0n) is 11.1. The third kappa shape index (κ3) is 3.77. The number of hydrogen-bond acceptors (Lipinski definition) is 6. The summed E-state index contributed by atoms with van der Waals surface area (Å²) in [6, 6.07) is -0.408. The van der Waals surface area contributed by atoms with Crippen molar-refractivity contribution in [2.24, 2.45) is 0 Å². The minimum atomic E-state index is -1.05. The molecule has 1 aliphatic rings. The molecule has 0 radical (unpaired) electrons. The number of thiazole rings is 1. The number of nitrogens with zero attached hydrogens (tertiary/aromatic N) is 1. The van der Waals surface area contributed by atoms with Crippen LogP contribution in [0.25, 0.3) is 0 Å². The van der Waals surface area contributed by atoms with Crippen molar-refractivity contribution in [1.82, 2.24) is 15.6 Å². The van der Waals surface area contributed by atoms with Gasteiger partial charge in [0.1, 0.15) is 4.88 Å². The SMILES string of the molecule is Cc1ncsc1C(=O)OC(C)C(=O)NC(=O)NC1CC1. The lowest BCUT2D eigenvalue weighted by molar-refractivity contribution is -0.127. The van der Waals surface area contributed by atoms with E-state index in [1.54, 1.807) is 6.92 Å². The molecule has 1 unspecified atom stereocenters. The van der Waals surface area contributed by atoms with Crippen LogP contribution in [-0.4, -0.2) is 35.0 Å². The molecule has 1 aliphatic carbocycles. The van der Waals surface area contributed by atoms with E-state index in [9.17, 15) is 14.4 Å². The highest BCUT2D eigenvalue weighted by molar-refractivity contribution is 7.11. The third-order valence-electron chi connectivity index (χ3n) is 2.73. The van der Waals surface area contributed by atoms with Gasteiger partial charge < -0.3 is 10.1 Å². The topological polar surface area (TPSA) is 97.4 Å². The van der Waals surface area contributed by atoms with Gasteiger partial charge in [0, 0.05) is 6.04 Å². The van der Waals surface area contributed by atoms with E-state index in [0.29, 0.717) is 10.6 Å². The van der Waals surface area contributed by atoms with Crippen molar-refractivity contribution in [3.8, 4) is 0 Å². The summed E-state index contributed by atoms with van der Waals surface area (Å²) >= 11 is 1.15. The Balaban J connectivity index is 1.82. The van der Waals surface area contributed by atoms with Crippen LogP contribution in [0.15, 0.2) is 5.51 Å². The van der Waals surface area contributed by atoms with E-state index in [0.717, 1.165) is 24.2 Å². The van der Waals surface area contributed by atoms with Crippen molar-refractivity contribution in [2.75, 3.05) is 0 Å². The summed E-state index contributed by atoms with van der Waals surface area (Å²) in [7, 11) is 0. The van der Waals surface area contributed by atoms with Gasteiger partial charge in [-0.05, 0) is 26.7 Å². The molecule has 1 atom stereocenters. The van der Waals surface area contributed by atoms with E-state index in [1.807, 2.05) is 0 Å². The van der Waals surface area contributed by atoms with Crippen molar-refractivity contribution in [2.45, 2.75) is 38.8 Å². The normalized spacial score (nSPS) is 15.3. The van der Waals surface area contributed by atoms with E-state index in [-0.39, 0.29) is 6.04 Å².